The van der Waals surface area contributed by atoms with Crippen molar-refractivity contribution in [3.05, 3.63) is 29.8 Å². The van der Waals surface area contributed by atoms with E-state index >= 15 is 0 Å². The monoisotopic (exact) mass is 397 g/mol. The molecule has 5 rings (SSSR count). The fraction of sp³-hybridized carbons (Fsp3) is 0.708. The van der Waals surface area contributed by atoms with Crippen LogP contribution < -0.4 is 10.1 Å². The van der Waals surface area contributed by atoms with Crippen LogP contribution in [0.5, 0.6) is 5.75 Å². The second-order valence-corrected chi connectivity index (χ2v) is 10.8. The number of likely N-dealkylation sites (tertiary alicyclic amines) is 1. The Morgan fingerprint density at radius 1 is 1.14 bits per heavy atom. The van der Waals surface area contributed by atoms with Crippen molar-refractivity contribution in [2.45, 2.75) is 45.6 Å². The van der Waals surface area contributed by atoms with Gasteiger partial charge in [0, 0.05) is 37.6 Å². The molecule has 158 valence electrons. The minimum atomic E-state index is 0.167. The van der Waals surface area contributed by atoms with E-state index in [1.165, 1.54) is 37.9 Å². The molecule has 5 heteroatoms. The molecule has 0 bridgehead atoms. The molecule has 1 aromatic rings. The van der Waals surface area contributed by atoms with Gasteiger partial charge in [0.15, 0.2) is 0 Å². The zero-order valence-corrected chi connectivity index (χ0v) is 18.1. The van der Waals surface area contributed by atoms with Crippen LogP contribution in [0, 0.1) is 22.7 Å². The third kappa shape index (κ3) is 3.63. The molecule has 5 nitrogen and oxygen atoms in total. The van der Waals surface area contributed by atoms with Gasteiger partial charge < -0.3 is 19.9 Å². The van der Waals surface area contributed by atoms with Crippen molar-refractivity contribution in [1.29, 1.82) is 0 Å². The smallest absolute Gasteiger partial charge is 0.317 e. The number of ether oxygens (including phenoxy) is 1. The largest absolute Gasteiger partial charge is 0.493 e. The maximum Gasteiger partial charge on any atom is 0.317 e. The molecule has 29 heavy (non-hydrogen) atoms. The van der Waals surface area contributed by atoms with E-state index < -0.39 is 0 Å². The van der Waals surface area contributed by atoms with Crippen molar-refractivity contribution >= 4 is 6.03 Å². The molecule has 2 saturated heterocycles. The van der Waals surface area contributed by atoms with E-state index in [2.05, 4.69) is 60.3 Å². The molecule has 2 aliphatic heterocycles. The molecule has 2 amide bonds. The third-order valence-electron chi connectivity index (χ3n) is 7.67. The Labute approximate surface area is 174 Å². The lowest BCUT2D eigenvalue weighted by atomic mass is 9.60. The summed E-state index contributed by atoms with van der Waals surface area (Å²) in [6.45, 7) is 9.33. The highest BCUT2D eigenvalue weighted by molar-refractivity contribution is 5.76. The molecule has 0 aromatic heterocycles. The topological polar surface area (TPSA) is 44.8 Å². The first-order chi connectivity index (χ1) is 13.9. The highest BCUT2D eigenvalue weighted by Crippen LogP contribution is 2.57. The van der Waals surface area contributed by atoms with E-state index in [0.29, 0.717) is 28.7 Å². The molecule has 1 N–H and O–H groups in total. The van der Waals surface area contributed by atoms with Gasteiger partial charge in [-0.1, -0.05) is 26.0 Å². The van der Waals surface area contributed by atoms with Crippen LogP contribution in [-0.4, -0.2) is 61.7 Å². The Bertz CT molecular complexity index is 763. The van der Waals surface area contributed by atoms with Gasteiger partial charge in [0.05, 0.1) is 6.61 Å². The van der Waals surface area contributed by atoms with E-state index in [1.54, 1.807) is 0 Å². The Kier molecular flexibility index (Phi) is 4.57. The minimum Gasteiger partial charge on any atom is -0.493 e. The van der Waals surface area contributed by atoms with Crippen LogP contribution in [-0.2, 0) is 6.42 Å². The SMILES string of the molecule is CC(C)COc1ccc(CC2CC23CNC(=O)N(C2CC4(C2)CN(C)C4)C3)cc1. The average Bonchev–Trinajstić information content (AvgIpc) is 3.30. The fourth-order valence-electron chi connectivity index (χ4n) is 6.03. The third-order valence-corrected chi connectivity index (χ3v) is 7.67. The summed E-state index contributed by atoms with van der Waals surface area (Å²) in [6, 6.07) is 9.25. The molecule has 2 heterocycles. The number of urea groups is 1. The van der Waals surface area contributed by atoms with Gasteiger partial charge in [-0.2, -0.15) is 0 Å². The predicted octanol–water partition coefficient (Wildman–Crippen LogP) is 3.39. The summed E-state index contributed by atoms with van der Waals surface area (Å²) in [5, 5.41) is 3.21. The summed E-state index contributed by atoms with van der Waals surface area (Å²) in [5.74, 6) is 2.18. The quantitative estimate of drug-likeness (QED) is 0.800. The van der Waals surface area contributed by atoms with E-state index in [4.69, 9.17) is 4.74 Å². The Morgan fingerprint density at radius 3 is 2.52 bits per heavy atom. The first-order valence-electron chi connectivity index (χ1n) is 11.3. The highest BCUT2D eigenvalue weighted by atomic mass is 16.5. The van der Waals surface area contributed by atoms with Crippen molar-refractivity contribution in [1.82, 2.24) is 15.1 Å². The van der Waals surface area contributed by atoms with Gasteiger partial charge in [-0.3, -0.25) is 0 Å². The van der Waals surface area contributed by atoms with Gasteiger partial charge in [-0.05, 0) is 67.7 Å². The van der Waals surface area contributed by atoms with E-state index in [9.17, 15) is 4.79 Å². The molecule has 2 aliphatic carbocycles. The average molecular weight is 398 g/mol. The zero-order chi connectivity index (χ0) is 20.2. The number of nitrogens with one attached hydrogen (secondary N) is 1. The van der Waals surface area contributed by atoms with Crippen molar-refractivity contribution in [3.8, 4) is 5.75 Å². The number of carbonyl (C=O) groups excluding carboxylic acids is 1. The Hall–Kier alpha value is -1.75. The maximum absolute atomic E-state index is 12.5. The molecular weight excluding hydrogens is 362 g/mol. The van der Waals surface area contributed by atoms with Crippen LogP contribution in [0.2, 0.25) is 0 Å². The van der Waals surface area contributed by atoms with Crippen LogP contribution in [0.25, 0.3) is 0 Å². The van der Waals surface area contributed by atoms with Crippen molar-refractivity contribution < 1.29 is 9.53 Å². The van der Waals surface area contributed by atoms with E-state index in [0.717, 1.165) is 31.9 Å². The van der Waals surface area contributed by atoms with Gasteiger partial charge in [-0.15, -0.1) is 0 Å². The first-order valence-corrected chi connectivity index (χ1v) is 11.3. The van der Waals surface area contributed by atoms with Crippen molar-refractivity contribution in [3.63, 3.8) is 0 Å². The predicted molar refractivity (Wildman–Crippen MR) is 114 cm³/mol. The van der Waals surface area contributed by atoms with Gasteiger partial charge >= 0.3 is 6.03 Å². The number of hydrogen-bond donors (Lipinski definition) is 1. The molecule has 0 radical (unpaired) electrons. The number of nitrogens with zero attached hydrogens (tertiary/aromatic N) is 2. The number of benzene rings is 1. The summed E-state index contributed by atoms with van der Waals surface area (Å²) in [4.78, 5) is 17.1. The Morgan fingerprint density at radius 2 is 1.86 bits per heavy atom. The standard InChI is InChI=1S/C24H35N3O2/c1-17(2)12-29-21-6-4-18(5-7-21)8-19-9-24(19)13-25-22(28)27(16-24)20-10-23(11-20)14-26(3)15-23/h4-7,17,19-20H,8-16H2,1-3H3,(H,25,28). The number of hydrogen-bond acceptors (Lipinski definition) is 3. The molecule has 2 saturated carbocycles. The lowest BCUT2D eigenvalue weighted by Gasteiger charge is -2.61. The van der Waals surface area contributed by atoms with Crippen LogP contribution in [0.3, 0.4) is 0 Å². The first kappa shape index (κ1) is 19.2. The summed E-state index contributed by atoms with van der Waals surface area (Å²) >= 11 is 0. The minimum absolute atomic E-state index is 0.167. The number of carbonyl (C=O) groups is 1. The molecule has 2 unspecified atom stereocenters. The van der Waals surface area contributed by atoms with Crippen LogP contribution in [0.1, 0.15) is 38.7 Å². The molecule has 2 atom stereocenters. The summed E-state index contributed by atoms with van der Waals surface area (Å²) < 4.78 is 5.80. The molecule has 1 aromatic carbocycles. The van der Waals surface area contributed by atoms with Crippen LogP contribution >= 0.6 is 0 Å². The molecule has 4 fully saturated rings. The van der Waals surface area contributed by atoms with Crippen LogP contribution in [0.15, 0.2) is 24.3 Å². The second-order valence-electron chi connectivity index (χ2n) is 10.8. The molecular formula is C24H35N3O2. The summed E-state index contributed by atoms with van der Waals surface area (Å²) in [7, 11) is 2.19. The Balaban J connectivity index is 1.15. The fourth-order valence-corrected chi connectivity index (χ4v) is 6.03. The van der Waals surface area contributed by atoms with Gasteiger partial charge in [0.1, 0.15) is 5.75 Å². The van der Waals surface area contributed by atoms with Crippen LogP contribution in [0.4, 0.5) is 4.79 Å². The van der Waals surface area contributed by atoms with E-state index in [-0.39, 0.29) is 6.03 Å². The summed E-state index contributed by atoms with van der Waals surface area (Å²) in [6.07, 6.45) is 4.73. The molecule has 2 spiro atoms. The molecule has 4 aliphatic rings. The van der Waals surface area contributed by atoms with Gasteiger partial charge in [-0.25, -0.2) is 4.79 Å². The van der Waals surface area contributed by atoms with Crippen molar-refractivity contribution in [2.75, 3.05) is 39.8 Å². The second kappa shape index (κ2) is 6.90. The lowest BCUT2D eigenvalue weighted by molar-refractivity contribution is -0.0935. The maximum atomic E-state index is 12.5. The van der Waals surface area contributed by atoms with Crippen molar-refractivity contribution in [2.24, 2.45) is 22.7 Å². The normalized spacial score (nSPS) is 31.0. The zero-order valence-electron chi connectivity index (χ0n) is 18.1. The number of amides is 2. The van der Waals surface area contributed by atoms with Gasteiger partial charge in [0.25, 0.3) is 0 Å². The summed E-state index contributed by atoms with van der Waals surface area (Å²) in [5.41, 5.74) is 2.19. The van der Waals surface area contributed by atoms with E-state index in [1.807, 2.05) is 0 Å². The lowest BCUT2D eigenvalue weighted by Crippen LogP contribution is -2.68. The number of rotatable bonds is 6. The van der Waals surface area contributed by atoms with Gasteiger partial charge in [0.2, 0.25) is 0 Å². The highest BCUT2D eigenvalue weighted by Gasteiger charge is 2.60.